The number of carbonyl (C=O) groups is 1. The number of aryl methyl sites for hydroxylation is 1. The second-order valence-corrected chi connectivity index (χ2v) is 5.33. The van der Waals surface area contributed by atoms with Gasteiger partial charge in [0.25, 0.3) is 0 Å². The van der Waals surface area contributed by atoms with Crippen LogP contribution in [-0.2, 0) is 4.79 Å². The van der Waals surface area contributed by atoms with Crippen molar-refractivity contribution in [2.45, 2.75) is 46.1 Å². The van der Waals surface area contributed by atoms with Crippen molar-refractivity contribution in [1.82, 2.24) is 0 Å². The number of nitro groups is 1. The quantitative estimate of drug-likeness (QED) is 0.610. The van der Waals surface area contributed by atoms with Gasteiger partial charge < -0.3 is 4.74 Å². The minimum atomic E-state index is -0.473. The van der Waals surface area contributed by atoms with Gasteiger partial charge in [0, 0.05) is 12.5 Å². The highest BCUT2D eigenvalue weighted by Crippen LogP contribution is 2.46. The van der Waals surface area contributed by atoms with E-state index in [1.54, 1.807) is 19.1 Å². The molecule has 1 saturated carbocycles. The molecule has 0 aromatic heterocycles. The summed E-state index contributed by atoms with van der Waals surface area (Å²) in [6.45, 7) is 5.72. The molecule has 1 aliphatic rings. The Labute approximate surface area is 118 Å². The van der Waals surface area contributed by atoms with Gasteiger partial charge in [-0.05, 0) is 31.4 Å². The fraction of sp³-hybridized carbons (Fsp3) is 0.533. The van der Waals surface area contributed by atoms with Crippen LogP contribution in [0.5, 0.6) is 5.75 Å². The third-order valence-electron chi connectivity index (χ3n) is 4.38. The van der Waals surface area contributed by atoms with Crippen molar-refractivity contribution < 1.29 is 14.5 Å². The number of carbonyl (C=O) groups excluding carboxylic acids is 1. The number of benzene rings is 1. The Morgan fingerprint density at radius 3 is 2.55 bits per heavy atom. The monoisotopic (exact) mass is 277 g/mol. The van der Waals surface area contributed by atoms with E-state index < -0.39 is 10.3 Å². The van der Waals surface area contributed by atoms with Gasteiger partial charge in [0.05, 0.1) is 10.3 Å². The number of ketones is 1. The molecule has 2 rings (SSSR count). The number of nitrogens with zero attached hydrogens (tertiary/aromatic N) is 1. The summed E-state index contributed by atoms with van der Waals surface area (Å²) in [5.41, 5.74) is 0.301. The number of ether oxygens (including phenoxy) is 1. The summed E-state index contributed by atoms with van der Waals surface area (Å²) in [7, 11) is 0. The molecular weight excluding hydrogens is 258 g/mol. The lowest BCUT2D eigenvalue weighted by atomic mass is 9.61. The minimum Gasteiger partial charge on any atom is -0.482 e. The van der Waals surface area contributed by atoms with Crippen molar-refractivity contribution in [2.75, 3.05) is 0 Å². The van der Waals surface area contributed by atoms with Gasteiger partial charge in [-0.2, -0.15) is 0 Å². The van der Waals surface area contributed by atoms with Crippen LogP contribution in [0, 0.1) is 22.5 Å². The fourth-order valence-corrected chi connectivity index (χ4v) is 2.89. The van der Waals surface area contributed by atoms with E-state index in [1.807, 2.05) is 13.8 Å². The van der Waals surface area contributed by atoms with Gasteiger partial charge >= 0.3 is 5.69 Å². The molecule has 5 nitrogen and oxygen atoms in total. The molecule has 0 radical (unpaired) electrons. The molecule has 0 heterocycles. The highest BCUT2D eigenvalue weighted by atomic mass is 16.6. The van der Waals surface area contributed by atoms with Crippen molar-refractivity contribution >= 4 is 11.5 Å². The predicted octanol–water partition coefficient (Wildman–Crippen LogP) is 3.43. The smallest absolute Gasteiger partial charge is 0.311 e. The number of hydrogen-bond donors (Lipinski definition) is 0. The Hall–Kier alpha value is -1.91. The van der Waals surface area contributed by atoms with Crippen LogP contribution in [0.4, 0.5) is 5.69 Å². The first kappa shape index (κ1) is 14.5. The van der Waals surface area contributed by atoms with Crippen LogP contribution in [0.25, 0.3) is 0 Å². The van der Waals surface area contributed by atoms with Crippen LogP contribution in [0.3, 0.4) is 0 Å². The average Bonchev–Trinajstić information content (AvgIpc) is 2.41. The highest BCUT2D eigenvalue weighted by molar-refractivity contribution is 5.92. The molecule has 0 bridgehead atoms. The highest BCUT2D eigenvalue weighted by Gasteiger charge is 2.54. The number of rotatable bonds is 5. The normalized spacial score (nSPS) is 20.4. The summed E-state index contributed by atoms with van der Waals surface area (Å²) >= 11 is 0. The molecule has 1 aliphatic carbocycles. The summed E-state index contributed by atoms with van der Waals surface area (Å²) < 4.78 is 5.80. The van der Waals surface area contributed by atoms with E-state index >= 15 is 0 Å². The molecule has 1 unspecified atom stereocenters. The molecule has 1 aromatic rings. The van der Waals surface area contributed by atoms with E-state index in [1.165, 1.54) is 6.07 Å². The first-order chi connectivity index (χ1) is 9.44. The van der Waals surface area contributed by atoms with Crippen LogP contribution in [-0.4, -0.2) is 16.8 Å². The van der Waals surface area contributed by atoms with Crippen LogP contribution in [0.15, 0.2) is 18.2 Å². The zero-order chi connectivity index (χ0) is 14.9. The summed E-state index contributed by atoms with van der Waals surface area (Å²) in [5.74, 6) is 0.451. The zero-order valence-corrected chi connectivity index (χ0v) is 12.0. The molecule has 0 spiro atoms. The van der Waals surface area contributed by atoms with Crippen molar-refractivity contribution in [3.8, 4) is 5.75 Å². The maximum atomic E-state index is 11.9. The SMILES string of the molecule is CCC1(CC)C(=O)CC1Oc1ccc(C)cc1[N+](=O)[O-]. The van der Waals surface area contributed by atoms with Gasteiger partial charge in [-0.25, -0.2) is 0 Å². The van der Waals surface area contributed by atoms with Crippen LogP contribution < -0.4 is 4.74 Å². The van der Waals surface area contributed by atoms with Crippen molar-refractivity contribution in [2.24, 2.45) is 5.41 Å². The van der Waals surface area contributed by atoms with Crippen LogP contribution >= 0.6 is 0 Å². The minimum absolute atomic E-state index is 0.0366. The number of Topliss-reactive ketones (excluding diaryl/α,β-unsaturated/α-hetero) is 1. The summed E-state index contributed by atoms with van der Waals surface area (Å²) in [6, 6.07) is 4.89. The molecule has 1 atom stereocenters. The lowest BCUT2D eigenvalue weighted by Crippen LogP contribution is -2.56. The molecule has 108 valence electrons. The zero-order valence-electron chi connectivity index (χ0n) is 12.0. The second kappa shape index (κ2) is 5.23. The van der Waals surface area contributed by atoms with Crippen molar-refractivity contribution in [1.29, 1.82) is 0 Å². The fourth-order valence-electron chi connectivity index (χ4n) is 2.89. The van der Waals surface area contributed by atoms with Crippen LogP contribution in [0.1, 0.15) is 38.7 Å². The maximum absolute atomic E-state index is 11.9. The third kappa shape index (κ3) is 2.17. The predicted molar refractivity (Wildman–Crippen MR) is 74.9 cm³/mol. The Morgan fingerprint density at radius 2 is 2.05 bits per heavy atom. The van der Waals surface area contributed by atoms with Crippen LogP contribution in [0.2, 0.25) is 0 Å². The average molecular weight is 277 g/mol. The van der Waals surface area contributed by atoms with Gasteiger partial charge in [0.15, 0.2) is 5.75 Å². The molecule has 1 fully saturated rings. The molecule has 0 aliphatic heterocycles. The number of hydrogen-bond acceptors (Lipinski definition) is 4. The lowest BCUT2D eigenvalue weighted by molar-refractivity contribution is -0.386. The first-order valence-corrected chi connectivity index (χ1v) is 6.89. The Morgan fingerprint density at radius 1 is 1.40 bits per heavy atom. The van der Waals surface area contributed by atoms with E-state index in [9.17, 15) is 14.9 Å². The molecule has 0 saturated heterocycles. The third-order valence-corrected chi connectivity index (χ3v) is 4.38. The standard InChI is InChI=1S/C15H19NO4/c1-4-15(5-2)13(17)9-14(15)20-12-7-6-10(3)8-11(12)16(18)19/h6-8,14H,4-5,9H2,1-3H3. The van der Waals surface area contributed by atoms with E-state index in [2.05, 4.69) is 0 Å². The van der Waals surface area contributed by atoms with Gasteiger partial charge in [0.2, 0.25) is 0 Å². The summed E-state index contributed by atoms with van der Waals surface area (Å²) in [4.78, 5) is 22.5. The van der Waals surface area contributed by atoms with Gasteiger partial charge in [0.1, 0.15) is 11.9 Å². The van der Waals surface area contributed by atoms with Gasteiger partial charge in [-0.3, -0.25) is 14.9 Å². The van der Waals surface area contributed by atoms with E-state index in [0.717, 1.165) is 5.56 Å². The maximum Gasteiger partial charge on any atom is 0.311 e. The van der Waals surface area contributed by atoms with E-state index in [-0.39, 0.29) is 23.3 Å². The summed E-state index contributed by atoms with van der Waals surface area (Å²) in [6.07, 6.45) is 1.48. The molecular formula is C15H19NO4. The van der Waals surface area contributed by atoms with Gasteiger partial charge in [-0.15, -0.1) is 0 Å². The molecule has 1 aromatic carbocycles. The lowest BCUT2D eigenvalue weighted by Gasteiger charge is -2.46. The van der Waals surface area contributed by atoms with Gasteiger partial charge in [-0.1, -0.05) is 19.9 Å². The Bertz CT molecular complexity index is 549. The first-order valence-electron chi connectivity index (χ1n) is 6.89. The van der Waals surface area contributed by atoms with E-state index in [0.29, 0.717) is 19.3 Å². The molecule has 5 heteroatoms. The van der Waals surface area contributed by atoms with Crippen molar-refractivity contribution in [3.63, 3.8) is 0 Å². The molecule has 20 heavy (non-hydrogen) atoms. The van der Waals surface area contributed by atoms with E-state index in [4.69, 9.17) is 4.74 Å². The number of nitro benzene ring substituents is 1. The largest absolute Gasteiger partial charge is 0.482 e. The molecule has 0 amide bonds. The molecule has 0 N–H and O–H groups in total. The second-order valence-electron chi connectivity index (χ2n) is 5.33. The Kier molecular flexibility index (Phi) is 3.79. The summed E-state index contributed by atoms with van der Waals surface area (Å²) in [5, 5.41) is 11.1. The Balaban J connectivity index is 2.27. The van der Waals surface area contributed by atoms with Crippen molar-refractivity contribution in [3.05, 3.63) is 33.9 Å². The topological polar surface area (TPSA) is 69.4 Å².